The van der Waals surface area contributed by atoms with Crippen LogP contribution in [-0.2, 0) is 0 Å². The molecule has 0 atom stereocenters. The van der Waals surface area contributed by atoms with E-state index in [0.29, 0.717) is 0 Å². The Morgan fingerprint density at radius 2 is 1.44 bits per heavy atom. The molecule has 6 N–H and O–H groups in total. The number of aromatic amines is 1. The predicted octanol–water partition coefficient (Wildman–Crippen LogP) is 0.565. The number of carbonyl (C=O) groups is 1. The molecule has 0 aliphatic heterocycles. The Hall–Kier alpha value is -2.17. The molecule has 11 heteroatoms. The van der Waals surface area contributed by atoms with Gasteiger partial charge >= 0.3 is 13.3 Å². The summed E-state index contributed by atoms with van der Waals surface area (Å²) in [4.78, 5) is 9.11. The highest BCUT2D eigenvalue weighted by Gasteiger charge is 2.20. The van der Waals surface area contributed by atoms with Crippen molar-refractivity contribution in [1.29, 1.82) is 0 Å². The molecule has 0 fully saturated rings. The molecule has 100 valence electrons. The van der Waals surface area contributed by atoms with Gasteiger partial charge in [-0.1, -0.05) is 12.1 Å². The zero-order valence-electron chi connectivity index (χ0n) is 8.99. The first-order chi connectivity index (χ1) is 8.20. The molecule has 2 amide bonds. The Kier molecular flexibility index (Phi) is 6.35. The predicted molar refractivity (Wildman–Crippen MR) is 56.5 cm³/mol. The molecule has 0 aliphatic carbocycles. The van der Waals surface area contributed by atoms with Crippen molar-refractivity contribution in [2.24, 2.45) is 5.73 Å². The van der Waals surface area contributed by atoms with Gasteiger partial charge in [0.25, 0.3) is 0 Å². The van der Waals surface area contributed by atoms with E-state index in [-0.39, 0.29) is 0 Å². The Labute approximate surface area is 98.4 Å². The highest BCUT2D eigenvalue weighted by molar-refractivity contribution is 6.50. The van der Waals surface area contributed by atoms with Crippen LogP contribution in [-0.4, -0.2) is 28.7 Å². The summed E-state index contributed by atoms with van der Waals surface area (Å²) in [5, 5.41) is 10.3. The smallest absolute Gasteiger partial charge is 0.418 e. The van der Waals surface area contributed by atoms with E-state index in [1.165, 1.54) is 0 Å². The largest absolute Gasteiger partial charge is 0.673 e. The standard InChI is InChI=1S/C6H5N3.CH4N2O.BF4/c1-2-4-6-5(3-1)7-9-8-6;2-1(3)4;2-1(3,4)5/h1-4H,(H,7,8,9);(H4,2,3,4);/q;;-1/p+1. The van der Waals surface area contributed by atoms with Crippen LogP contribution in [0.5, 0.6) is 0 Å². The van der Waals surface area contributed by atoms with Gasteiger partial charge in [-0.3, -0.25) is 5.73 Å². The normalized spacial score (nSPS) is 9.83. The summed E-state index contributed by atoms with van der Waals surface area (Å²) < 4.78 is 39.0. The first-order valence-corrected chi connectivity index (χ1v) is 4.44. The zero-order chi connectivity index (χ0) is 14.2. The van der Waals surface area contributed by atoms with Crippen molar-refractivity contribution in [3.63, 3.8) is 0 Å². The lowest BCUT2D eigenvalue weighted by molar-refractivity contribution is -0.245. The van der Waals surface area contributed by atoms with Gasteiger partial charge in [0.15, 0.2) is 0 Å². The van der Waals surface area contributed by atoms with Gasteiger partial charge in [-0.2, -0.15) is 15.4 Å². The molecule has 0 bridgehead atoms. The minimum Gasteiger partial charge on any atom is -0.418 e. The van der Waals surface area contributed by atoms with Crippen LogP contribution in [0.4, 0.5) is 22.1 Å². The number of para-hydroxylation sites is 2. The molecule has 0 aliphatic rings. The lowest BCUT2D eigenvalue weighted by Crippen LogP contribution is -2.60. The summed E-state index contributed by atoms with van der Waals surface area (Å²) in [6, 6.07) is 7.12. The molecule has 18 heavy (non-hydrogen) atoms. The molecule has 0 unspecified atom stereocenters. The Morgan fingerprint density at radius 1 is 1.17 bits per heavy atom. The van der Waals surface area contributed by atoms with E-state index in [0.717, 1.165) is 11.0 Å². The van der Waals surface area contributed by atoms with Crippen LogP contribution >= 0.6 is 0 Å². The number of carbonyl (C=O) groups excluding carboxylic acids is 1. The van der Waals surface area contributed by atoms with Crippen LogP contribution in [0.3, 0.4) is 0 Å². The van der Waals surface area contributed by atoms with E-state index in [2.05, 4.69) is 26.9 Å². The van der Waals surface area contributed by atoms with E-state index in [9.17, 15) is 17.3 Å². The number of nitrogens with one attached hydrogen (secondary N) is 1. The average molecular weight is 267 g/mol. The van der Waals surface area contributed by atoms with Gasteiger partial charge in [-0.25, -0.2) is 4.79 Å². The second kappa shape index (κ2) is 7.22. The molecule has 0 saturated heterocycles. The third-order valence-electron chi connectivity index (χ3n) is 1.22. The van der Waals surface area contributed by atoms with Crippen molar-refractivity contribution in [2.75, 3.05) is 0 Å². The zero-order valence-corrected chi connectivity index (χ0v) is 8.99. The van der Waals surface area contributed by atoms with E-state index in [1.54, 1.807) is 0 Å². The Balaban J connectivity index is 0.000000278. The van der Waals surface area contributed by atoms with Crippen molar-refractivity contribution < 1.29 is 27.8 Å². The number of nitrogens with two attached hydrogens (primary N) is 1. The highest BCUT2D eigenvalue weighted by atomic mass is 19.5. The number of urea groups is 1. The summed E-state index contributed by atoms with van der Waals surface area (Å²) in [6.45, 7) is 0. The number of benzene rings is 1. The number of aromatic nitrogens is 3. The van der Waals surface area contributed by atoms with Crippen LogP contribution in [0.15, 0.2) is 24.3 Å². The molecule has 1 aromatic carbocycles. The maximum absolute atomic E-state index is 9.75. The SMILES string of the molecule is F[B-](F)(F)F.NC([NH3+])=O.c1ccc2n[nH]nc2c1. The monoisotopic (exact) mass is 267 g/mol. The molecular weight excluding hydrogens is 257 g/mol. The summed E-state index contributed by atoms with van der Waals surface area (Å²) >= 11 is 0. The molecule has 2 rings (SSSR count). The molecule has 0 spiro atoms. The Morgan fingerprint density at radius 3 is 1.72 bits per heavy atom. The number of hydrogen-bond acceptors (Lipinski definition) is 3. The minimum absolute atomic E-state index is 0.583. The Bertz CT molecular complexity index is 448. The van der Waals surface area contributed by atoms with E-state index >= 15 is 0 Å². The molecule has 2 aromatic rings. The number of fused-ring (bicyclic) bond motifs is 1. The van der Waals surface area contributed by atoms with Crippen molar-refractivity contribution in [3.8, 4) is 0 Å². The van der Waals surface area contributed by atoms with Crippen LogP contribution < -0.4 is 11.5 Å². The summed E-state index contributed by atoms with van der Waals surface area (Å²) in [5.41, 5.74) is 8.97. The molecule has 0 radical (unpaired) electrons. The second-order valence-corrected chi connectivity index (χ2v) is 2.77. The first kappa shape index (κ1) is 15.8. The number of halogens is 4. The van der Waals surface area contributed by atoms with Crippen LogP contribution in [0.2, 0.25) is 0 Å². The van der Waals surface area contributed by atoms with Gasteiger partial charge < -0.3 is 23.0 Å². The minimum atomic E-state index is -6.00. The van der Waals surface area contributed by atoms with Gasteiger partial charge in [0.2, 0.25) is 0 Å². The molecule has 1 aromatic heterocycles. The highest BCUT2D eigenvalue weighted by Crippen LogP contribution is 2.06. The molecule has 0 saturated carbocycles. The summed E-state index contributed by atoms with van der Waals surface area (Å²) in [7, 11) is -6.00. The fourth-order valence-corrected chi connectivity index (χ4v) is 0.786. The van der Waals surface area contributed by atoms with Crippen LogP contribution in [0.1, 0.15) is 0 Å². The van der Waals surface area contributed by atoms with Crippen molar-refractivity contribution in [3.05, 3.63) is 24.3 Å². The van der Waals surface area contributed by atoms with Crippen molar-refractivity contribution in [1.82, 2.24) is 15.4 Å². The quantitative estimate of drug-likeness (QED) is 0.478. The number of primary amides is 1. The van der Waals surface area contributed by atoms with Crippen molar-refractivity contribution in [2.45, 2.75) is 0 Å². The maximum atomic E-state index is 9.75. The number of quaternary nitrogens is 1. The van der Waals surface area contributed by atoms with Crippen LogP contribution in [0.25, 0.3) is 11.0 Å². The lowest BCUT2D eigenvalue weighted by atomic mass is 10.3. The number of amides is 2. The van der Waals surface area contributed by atoms with E-state index < -0.39 is 13.3 Å². The molecular formula is C7H10BF4N5O. The molecule has 6 nitrogen and oxygen atoms in total. The van der Waals surface area contributed by atoms with Crippen LogP contribution in [0, 0.1) is 0 Å². The number of rotatable bonds is 0. The fraction of sp³-hybridized carbons (Fsp3) is 0. The van der Waals surface area contributed by atoms with Gasteiger partial charge in [-0.05, 0) is 12.1 Å². The van der Waals surface area contributed by atoms with Gasteiger partial charge in [0, 0.05) is 0 Å². The summed E-state index contributed by atoms with van der Waals surface area (Å²) in [6.07, 6.45) is 0. The average Bonchev–Trinajstić information content (AvgIpc) is 2.61. The first-order valence-electron chi connectivity index (χ1n) is 4.44. The molecule has 1 heterocycles. The summed E-state index contributed by atoms with van der Waals surface area (Å²) in [5.74, 6) is 0. The maximum Gasteiger partial charge on any atom is 0.673 e. The van der Waals surface area contributed by atoms with Gasteiger partial charge in [0.1, 0.15) is 11.0 Å². The number of nitrogens with zero attached hydrogens (tertiary/aromatic N) is 2. The second-order valence-electron chi connectivity index (χ2n) is 2.77. The number of hydrogen-bond donors (Lipinski definition) is 3. The van der Waals surface area contributed by atoms with E-state index in [4.69, 9.17) is 4.79 Å². The lowest BCUT2D eigenvalue weighted by Gasteiger charge is -1.94. The van der Waals surface area contributed by atoms with Crippen molar-refractivity contribution >= 4 is 24.3 Å². The third-order valence-corrected chi connectivity index (χ3v) is 1.22. The van der Waals surface area contributed by atoms with E-state index in [1.807, 2.05) is 24.3 Å². The third kappa shape index (κ3) is 10.4. The number of H-pyrrole nitrogens is 1. The van der Waals surface area contributed by atoms with Gasteiger partial charge in [0.05, 0.1) is 0 Å². The topological polar surface area (TPSA) is 112 Å². The van der Waals surface area contributed by atoms with Gasteiger partial charge in [-0.15, -0.1) is 0 Å². The fourth-order valence-electron chi connectivity index (χ4n) is 0.786.